The standard InChI is InChI=1S/C24H22N4O2/c1-14-4-7-17-19(10-14)26-23(25-17)13-30-21-9-6-16(12-22(21)29-3)24-27-18-8-5-15(2)11-20(18)28-24/h4-12H,13H2,1-3H3,(H,25,26)(H,27,28). The summed E-state index contributed by atoms with van der Waals surface area (Å²) in [6, 6.07) is 18.1. The highest BCUT2D eigenvalue weighted by molar-refractivity contribution is 5.80. The molecule has 2 aromatic heterocycles. The van der Waals surface area contributed by atoms with Crippen LogP contribution in [0.25, 0.3) is 33.5 Å². The number of benzene rings is 3. The van der Waals surface area contributed by atoms with Crippen LogP contribution < -0.4 is 9.47 Å². The van der Waals surface area contributed by atoms with E-state index < -0.39 is 0 Å². The van der Waals surface area contributed by atoms with Crippen molar-refractivity contribution in [1.82, 2.24) is 19.9 Å². The van der Waals surface area contributed by atoms with E-state index in [0.717, 1.165) is 39.3 Å². The topological polar surface area (TPSA) is 75.8 Å². The Balaban J connectivity index is 1.39. The molecule has 0 aliphatic rings. The molecule has 0 aliphatic heterocycles. The Labute approximate surface area is 173 Å². The normalized spacial score (nSPS) is 11.3. The number of rotatable bonds is 5. The molecule has 2 heterocycles. The number of aryl methyl sites for hydroxylation is 2. The van der Waals surface area contributed by atoms with Crippen molar-refractivity contribution < 1.29 is 9.47 Å². The van der Waals surface area contributed by atoms with Gasteiger partial charge in [-0.25, -0.2) is 9.97 Å². The maximum absolute atomic E-state index is 5.99. The maximum atomic E-state index is 5.99. The van der Waals surface area contributed by atoms with Gasteiger partial charge in [0, 0.05) is 5.56 Å². The molecule has 6 heteroatoms. The van der Waals surface area contributed by atoms with Crippen molar-refractivity contribution >= 4 is 22.1 Å². The number of aromatic nitrogens is 4. The van der Waals surface area contributed by atoms with Crippen LogP contribution in [0.1, 0.15) is 17.0 Å². The second-order valence-corrected chi connectivity index (χ2v) is 7.46. The minimum Gasteiger partial charge on any atom is -0.493 e. The first-order valence-electron chi connectivity index (χ1n) is 9.82. The largest absolute Gasteiger partial charge is 0.493 e. The molecule has 0 bridgehead atoms. The van der Waals surface area contributed by atoms with Gasteiger partial charge in [0.05, 0.1) is 29.2 Å². The van der Waals surface area contributed by atoms with Crippen LogP contribution in [0.2, 0.25) is 0 Å². The van der Waals surface area contributed by atoms with Crippen LogP contribution in [0.3, 0.4) is 0 Å². The van der Waals surface area contributed by atoms with Crippen molar-refractivity contribution in [3.05, 3.63) is 71.5 Å². The van der Waals surface area contributed by atoms with Gasteiger partial charge in [0.15, 0.2) is 11.5 Å². The number of nitrogens with zero attached hydrogens (tertiary/aromatic N) is 2. The first-order valence-corrected chi connectivity index (χ1v) is 9.82. The van der Waals surface area contributed by atoms with Gasteiger partial charge >= 0.3 is 0 Å². The number of hydrogen-bond acceptors (Lipinski definition) is 4. The highest BCUT2D eigenvalue weighted by Gasteiger charge is 2.12. The summed E-state index contributed by atoms with van der Waals surface area (Å²) in [6.07, 6.45) is 0. The molecule has 0 atom stereocenters. The number of imidazole rings is 2. The zero-order chi connectivity index (χ0) is 20.7. The number of aromatic amines is 2. The van der Waals surface area contributed by atoms with E-state index in [1.807, 2.05) is 30.3 Å². The van der Waals surface area contributed by atoms with Crippen molar-refractivity contribution in [2.45, 2.75) is 20.5 Å². The molecule has 0 amide bonds. The Morgan fingerprint density at radius 1 is 0.767 bits per heavy atom. The van der Waals surface area contributed by atoms with Crippen molar-refractivity contribution in [3.63, 3.8) is 0 Å². The number of ether oxygens (including phenoxy) is 2. The Morgan fingerprint density at radius 3 is 2.20 bits per heavy atom. The molecule has 0 fully saturated rings. The van der Waals surface area contributed by atoms with Gasteiger partial charge < -0.3 is 19.4 Å². The molecular formula is C24H22N4O2. The van der Waals surface area contributed by atoms with Crippen LogP contribution in [0.15, 0.2) is 54.6 Å². The molecule has 0 saturated carbocycles. The number of fused-ring (bicyclic) bond motifs is 2. The second kappa shape index (κ2) is 7.22. The van der Waals surface area contributed by atoms with E-state index in [9.17, 15) is 0 Å². The Morgan fingerprint density at radius 2 is 1.47 bits per heavy atom. The van der Waals surface area contributed by atoms with Gasteiger partial charge in [-0.15, -0.1) is 0 Å². The average molecular weight is 398 g/mol. The monoisotopic (exact) mass is 398 g/mol. The fourth-order valence-corrected chi connectivity index (χ4v) is 3.59. The lowest BCUT2D eigenvalue weighted by Crippen LogP contribution is -1.99. The highest BCUT2D eigenvalue weighted by Crippen LogP contribution is 2.33. The van der Waals surface area contributed by atoms with Crippen LogP contribution in [-0.4, -0.2) is 27.0 Å². The summed E-state index contributed by atoms with van der Waals surface area (Å²) in [5.74, 6) is 2.88. The minimum atomic E-state index is 0.327. The molecule has 0 spiro atoms. The molecular weight excluding hydrogens is 376 g/mol. The van der Waals surface area contributed by atoms with Crippen LogP contribution in [0.5, 0.6) is 11.5 Å². The third kappa shape index (κ3) is 3.37. The van der Waals surface area contributed by atoms with Crippen LogP contribution >= 0.6 is 0 Å². The summed E-state index contributed by atoms with van der Waals surface area (Å²) >= 11 is 0. The fourth-order valence-electron chi connectivity index (χ4n) is 3.59. The number of methoxy groups -OCH3 is 1. The molecule has 6 nitrogen and oxygen atoms in total. The molecule has 150 valence electrons. The van der Waals surface area contributed by atoms with E-state index in [2.05, 4.69) is 58.0 Å². The quantitative estimate of drug-likeness (QED) is 0.421. The summed E-state index contributed by atoms with van der Waals surface area (Å²) in [6.45, 7) is 4.46. The smallest absolute Gasteiger partial charge is 0.161 e. The lowest BCUT2D eigenvalue weighted by Gasteiger charge is -2.10. The van der Waals surface area contributed by atoms with E-state index in [-0.39, 0.29) is 0 Å². The Kier molecular flexibility index (Phi) is 4.39. The summed E-state index contributed by atoms with van der Waals surface area (Å²) in [5.41, 5.74) is 7.22. The molecule has 5 aromatic rings. The van der Waals surface area contributed by atoms with E-state index in [0.29, 0.717) is 18.1 Å². The predicted molar refractivity (Wildman–Crippen MR) is 118 cm³/mol. The molecule has 0 aliphatic carbocycles. The van der Waals surface area contributed by atoms with E-state index in [4.69, 9.17) is 9.47 Å². The highest BCUT2D eigenvalue weighted by atomic mass is 16.5. The van der Waals surface area contributed by atoms with Gasteiger partial charge in [-0.2, -0.15) is 0 Å². The van der Waals surface area contributed by atoms with Crippen molar-refractivity contribution in [2.75, 3.05) is 7.11 Å². The summed E-state index contributed by atoms with van der Waals surface area (Å²) in [5, 5.41) is 0. The van der Waals surface area contributed by atoms with Crippen LogP contribution in [0, 0.1) is 13.8 Å². The summed E-state index contributed by atoms with van der Waals surface area (Å²) in [4.78, 5) is 16.0. The molecule has 0 unspecified atom stereocenters. The molecule has 5 rings (SSSR count). The second-order valence-electron chi connectivity index (χ2n) is 7.46. The zero-order valence-corrected chi connectivity index (χ0v) is 17.1. The first kappa shape index (κ1) is 18.2. The van der Waals surface area contributed by atoms with E-state index >= 15 is 0 Å². The third-order valence-corrected chi connectivity index (χ3v) is 5.13. The Bertz CT molecular complexity index is 1370. The van der Waals surface area contributed by atoms with Gasteiger partial charge in [0.2, 0.25) is 0 Å². The molecule has 0 saturated heterocycles. The molecule has 0 radical (unpaired) electrons. The number of hydrogen-bond donors (Lipinski definition) is 2. The van der Waals surface area contributed by atoms with Crippen molar-refractivity contribution in [3.8, 4) is 22.9 Å². The van der Waals surface area contributed by atoms with Gasteiger partial charge in [-0.05, 0) is 67.4 Å². The summed E-state index contributed by atoms with van der Waals surface area (Å²) < 4.78 is 11.6. The molecule has 2 N–H and O–H groups in total. The molecule has 3 aromatic carbocycles. The van der Waals surface area contributed by atoms with Gasteiger partial charge in [0.25, 0.3) is 0 Å². The lowest BCUT2D eigenvalue weighted by molar-refractivity contribution is 0.278. The zero-order valence-electron chi connectivity index (χ0n) is 17.1. The minimum absolute atomic E-state index is 0.327. The maximum Gasteiger partial charge on any atom is 0.161 e. The van der Waals surface area contributed by atoms with Crippen LogP contribution in [0.4, 0.5) is 0 Å². The fraction of sp³-hybridized carbons (Fsp3) is 0.167. The Hall–Kier alpha value is -3.80. The molecule has 30 heavy (non-hydrogen) atoms. The predicted octanol–water partition coefficient (Wildman–Crippen LogP) is 5.31. The average Bonchev–Trinajstić information content (AvgIpc) is 3.35. The van der Waals surface area contributed by atoms with Crippen molar-refractivity contribution in [2.24, 2.45) is 0 Å². The van der Waals surface area contributed by atoms with E-state index in [1.54, 1.807) is 7.11 Å². The first-order chi connectivity index (χ1) is 14.6. The van der Waals surface area contributed by atoms with Crippen LogP contribution in [-0.2, 0) is 6.61 Å². The number of H-pyrrole nitrogens is 2. The van der Waals surface area contributed by atoms with Crippen molar-refractivity contribution in [1.29, 1.82) is 0 Å². The lowest BCUT2D eigenvalue weighted by atomic mass is 10.2. The van der Waals surface area contributed by atoms with E-state index in [1.165, 1.54) is 11.1 Å². The van der Waals surface area contributed by atoms with Gasteiger partial charge in [-0.3, -0.25) is 0 Å². The third-order valence-electron chi connectivity index (χ3n) is 5.13. The van der Waals surface area contributed by atoms with Gasteiger partial charge in [0.1, 0.15) is 18.3 Å². The number of nitrogens with one attached hydrogen (secondary N) is 2. The van der Waals surface area contributed by atoms with Gasteiger partial charge in [-0.1, -0.05) is 12.1 Å². The SMILES string of the molecule is COc1cc(-c2nc3ccc(C)cc3[nH]2)ccc1OCc1nc2ccc(C)cc2[nH]1. The summed E-state index contributed by atoms with van der Waals surface area (Å²) in [7, 11) is 1.64.